The first kappa shape index (κ1) is 18.8. The van der Waals surface area contributed by atoms with Crippen LogP contribution in [-0.4, -0.2) is 54.9 Å². The molecule has 0 aromatic carbocycles. The Morgan fingerprint density at radius 3 is 2.60 bits per heavy atom. The fourth-order valence-corrected chi connectivity index (χ4v) is 1.53. The number of rotatable bonds is 6. The van der Waals surface area contributed by atoms with E-state index in [0.29, 0.717) is 19.8 Å². The van der Waals surface area contributed by atoms with E-state index in [1.54, 1.807) is 37.3 Å². The van der Waals surface area contributed by atoms with Crippen LogP contribution in [0.3, 0.4) is 0 Å². The Bertz CT molecular complexity index is 436. The van der Waals surface area contributed by atoms with Crippen LogP contribution in [0.5, 0.6) is 0 Å². The maximum Gasteiger partial charge on any atom is 0.416 e. The van der Waals surface area contributed by atoms with Gasteiger partial charge in [-0.2, -0.15) is 4.57 Å². The number of aromatic nitrogens is 2. The summed E-state index contributed by atoms with van der Waals surface area (Å²) in [6.07, 6.45) is 5.01. The molecule has 0 saturated heterocycles. The van der Waals surface area contributed by atoms with Crippen molar-refractivity contribution in [3.8, 4) is 0 Å². The number of nitrogens with zero attached hydrogens (tertiary/aromatic N) is 3. The second kappa shape index (κ2) is 9.70. The largest absolute Gasteiger partial charge is 1.00 e. The molecule has 7 nitrogen and oxygen atoms in total. The molecular formula is C12H20IN3O4. The highest BCUT2D eigenvalue weighted by molar-refractivity contribution is 5.82. The summed E-state index contributed by atoms with van der Waals surface area (Å²) in [4.78, 5) is 25.1. The Labute approximate surface area is 135 Å². The molecule has 1 amide bonds. The van der Waals surface area contributed by atoms with Crippen LogP contribution in [0.2, 0.25) is 0 Å². The number of imidazole rings is 1. The van der Waals surface area contributed by atoms with Crippen molar-refractivity contribution in [1.29, 1.82) is 0 Å². The number of halogens is 1. The van der Waals surface area contributed by atoms with Gasteiger partial charge in [-0.15, -0.1) is 0 Å². The van der Waals surface area contributed by atoms with Gasteiger partial charge in [0.25, 0.3) is 6.33 Å². The number of carbonyl (C=O) groups is 2. The summed E-state index contributed by atoms with van der Waals surface area (Å²) in [7, 11) is 3.36. The smallest absolute Gasteiger partial charge is 0.416 e. The summed E-state index contributed by atoms with van der Waals surface area (Å²) in [6, 6.07) is -0.286. The van der Waals surface area contributed by atoms with Crippen molar-refractivity contribution < 1.29 is 47.6 Å². The highest BCUT2D eigenvalue weighted by Gasteiger charge is 2.23. The average molecular weight is 397 g/mol. The van der Waals surface area contributed by atoms with E-state index >= 15 is 0 Å². The summed E-state index contributed by atoms with van der Waals surface area (Å²) in [6.45, 7) is 2.63. The minimum absolute atomic E-state index is 0. The number of esters is 1. The molecule has 1 aromatic heterocycles. The molecule has 0 aliphatic heterocycles. The maximum absolute atomic E-state index is 12.2. The average Bonchev–Trinajstić information content (AvgIpc) is 2.80. The van der Waals surface area contributed by atoms with Crippen molar-refractivity contribution in [2.24, 2.45) is 7.05 Å². The van der Waals surface area contributed by atoms with E-state index in [4.69, 9.17) is 9.47 Å². The van der Waals surface area contributed by atoms with E-state index in [9.17, 15) is 9.59 Å². The van der Waals surface area contributed by atoms with Crippen molar-refractivity contribution in [2.75, 3.05) is 33.4 Å². The van der Waals surface area contributed by atoms with Gasteiger partial charge in [-0.1, -0.05) is 0 Å². The van der Waals surface area contributed by atoms with E-state index in [-0.39, 0.29) is 36.6 Å². The van der Waals surface area contributed by atoms with Gasteiger partial charge < -0.3 is 33.5 Å². The minimum Gasteiger partial charge on any atom is -1.00 e. The zero-order valence-electron chi connectivity index (χ0n) is 11.9. The highest BCUT2D eigenvalue weighted by Crippen LogP contribution is 1.97. The molecular weight excluding hydrogens is 377 g/mol. The number of hydrogen-bond donors (Lipinski definition) is 0. The van der Waals surface area contributed by atoms with Crippen LogP contribution in [0.15, 0.2) is 18.7 Å². The standard InChI is InChI=1S/C12H20N3O4.HI/c1-4-19-11(16)9-14(7-8-18-3)12(17)15-6-5-13(2)10-15;/h5-6,10H,4,7-9H2,1-3H3;1H/q+1;/p-1. The van der Waals surface area contributed by atoms with Crippen LogP contribution in [0.25, 0.3) is 0 Å². The molecule has 20 heavy (non-hydrogen) atoms. The van der Waals surface area contributed by atoms with Crippen LogP contribution in [-0.2, 0) is 21.3 Å². The molecule has 0 atom stereocenters. The first-order valence-corrected chi connectivity index (χ1v) is 6.05. The molecule has 114 valence electrons. The lowest BCUT2D eigenvalue weighted by Gasteiger charge is -2.18. The Kier molecular flexibility index (Phi) is 9.14. The number of aryl methyl sites for hydroxylation is 1. The predicted octanol–water partition coefficient (Wildman–Crippen LogP) is -3.20. The molecule has 1 aromatic rings. The molecule has 8 heteroatoms. The number of carbonyl (C=O) groups excluding carboxylic acids is 2. The summed E-state index contributed by atoms with van der Waals surface area (Å²) in [5.74, 6) is -0.427. The van der Waals surface area contributed by atoms with E-state index in [2.05, 4.69) is 0 Å². The zero-order chi connectivity index (χ0) is 14.3. The van der Waals surface area contributed by atoms with Gasteiger partial charge in [0, 0.05) is 13.7 Å². The fourth-order valence-electron chi connectivity index (χ4n) is 1.53. The molecule has 0 saturated carbocycles. The molecule has 0 radical (unpaired) electrons. The lowest BCUT2D eigenvalue weighted by Crippen LogP contribution is -3.00. The van der Waals surface area contributed by atoms with Gasteiger partial charge in [0.2, 0.25) is 0 Å². The number of methoxy groups -OCH3 is 1. The van der Waals surface area contributed by atoms with Crippen molar-refractivity contribution in [3.63, 3.8) is 0 Å². The third-order valence-electron chi connectivity index (χ3n) is 2.45. The molecule has 0 N–H and O–H groups in total. The van der Waals surface area contributed by atoms with Gasteiger partial charge in [0.1, 0.15) is 18.9 Å². The first-order valence-electron chi connectivity index (χ1n) is 6.05. The number of hydrogen-bond acceptors (Lipinski definition) is 4. The summed E-state index contributed by atoms with van der Waals surface area (Å²) < 4.78 is 13.0. The third kappa shape index (κ3) is 5.87. The number of ether oxygens (including phenoxy) is 2. The van der Waals surface area contributed by atoms with Crippen LogP contribution in [0.1, 0.15) is 6.92 Å². The van der Waals surface area contributed by atoms with Gasteiger partial charge in [0.15, 0.2) is 0 Å². The lowest BCUT2D eigenvalue weighted by molar-refractivity contribution is -0.670. The van der Waals surface area contributed by atoms with Crippen LogP contribution < -0.4 is 28.5 Å². The molecule has 0 aliphatic rings. The molecule has 0 bridgehead atoms. The second-order valence-corrected chi connectivity index (χ2v) is 3.99. The van der Waals surface area contributed by atoms with Crippen molar-refractivity contribution in [2.45, 2.75) is 6.92 Å². The Hall–Kier alpha value is -1.16. The molecule has 0 unspecified atom stereocenters. The lowest BCUT2D eigenvalue weighted by atomic mass is 10.5. The molecule has 1 heterocycles. The Balaban J connectivity index is 0.00000361. The van der Waals surface area contributed by atoms with Crippen LogP contribution in [0, 0.1) is 0 Å². The quantitative estimate of drug-likeness (QED) is 0.288. The summed E-state index contributed by atoms with van der Waals surface area (Å²) in [5.41, 5.74) is 0. The minimum atomic E-state index is -0.427. The number of amides is 1. The monoisotopic (exact) mass is 397 g/mol. The maximum atomic E-state index is 12.2. The van der Waals surface area contributed by atoms with E-state index in [1.807, 2.05) is 7.05 Å². The zero-order valence-corrected chi connectivity index (χ0v) is 14.1. The van der Waals surface area contributed by atoms with E-state index < -0.39 is 5.97 Å². The van der Waals surface area contributed by atoms with Crippen molar-refractivity contribution in [3.05, 3.63) is 18.7 Å². The van der Waals surface area contributed by atoms with Gasteiger partial charge in [-0.25, -0.2) is 9.36 Å². The van der Waals surface area contributed by atoms with Crippen LogP contribution in [0.4, 0.5) is 4.79 Å². The van der Waals surface area contributed by atoms with Gasteiger partial charge in [0.05, 0.1) is 20.3 Å². The normalized spacial score (nSPS) is 9.75. The summed E-state index contributed by atoms with van der Waals surface area (Å²) >= 11 is 0. The molecule has 0 spiro atoms. The molecule has 1 rings (SSSR count). The Morgan fingerprint density at radius 1 is 1.40 bits per heavy atom. The van der Waals surface area contributed by atoms with Gasteiger partial charge in [-0.3, -0.25) is 9.69 Å². The van der Waals surface area contributed by atoms with Crippen molar-refractivity contribution >= 4 is 12.0 Å². The predicted molar refractivity (Wildman–Crippen MR) is 66.5 cm³/mol. The summed E-state index contributed by atoms with van der Waals surface area (Å²) in [5, 5.41) is 0. The van der Waals surface area contributed by atoms with Crippen LogP contribution >= 0.6 is 0 Å². The highest BCUT2D eigenvalue weighted by atomic mass is 127. The molecule has 0 aliphatic carbocycles. The molecule has 0 fully saturated rings. The Morgan fingerprint density at radius 2 is 2.10 bits per heavy atom. The van der Waals surface area contributed by atoms with Gasteiger partial charge in [-0.05, 0) is 6.92 Å². The van der Waals surface area contributed by atoms with E-state index in [0.717, 1.165) is 0 Å². The second-order valence-electron chi connectivity index (χ2n) is 3.99. The third-order valence-corrected chi connectivity index (χ3v) is 2.45. The first-order chi connectivity index (χ1) is 9.08. The van der Waals surface area contributed by atoms with Gasteiger partial charge >= 0.3 is 12.0 Å². The fraction of sp³-hybridized carbons (Fsp3) is 0.583. The topological polar surface area (TPSA) is 64.6 Å². The van der Waals surface area contributed by atoms with Crippen molar-refractivity contribution in [1.82, 2.24) is 9.47 Å². The van der Waals surface area contributed by atoms with E-state index in [1.165, 1.54) is 9.47 Å². The SMILES string of the molecule is CCOC(=O)CN(CCOC)C(=O)n1cc[n+](C)c1.[I-].